The Bertz CT molecular complexity index is 1010. The van der Waals surface area contributed by atoms with Gasteiger partial charge in [0.15, 0.2) is 10.3 Å². The number of nitrogens with zero attached hydrogens (tertiary/aromatic N) is 5. The molecule has 0 saturated heterocycles. The predicted molar refractivity (Wildman–Crippen MR) is 119 cm³/mol. The number of esters is 1. The van der Waals surface area contributed by atoms with Gasteiger partial charge in [0.1, 0.15) is 11.1 Å². The number of hydrogen-bond acceptors (Lipinski definition) is 8. The van der Waals surface area contributed by atoms with E-state index in [1.165, 1.54) is 30.6 Å². The predicted octanol–water partition coefficient (Wildman–Crippen LogP) is 4.66. The number of thioether (sulfide) groups is 2. The minimum atomic E-state index is -0.367. The molecule has 0 amide bonds. The van der Waals surface area contributed by atoms with Gasteiger partial charge in [0, 0.05) is 22.1 Å². The summed E-state index contributed by atoms with van der Waals surface area (Å²) in [4.78, 5) is 21.0. The number of rotatable bonds is 8. The Morgan fingerprint density at radius 1 is 1.17 bits per heavy atom. The second kappa shape index (κ2) is 10.3. The molecule has 2 aromatic heterocycles. The molecule has 10 heteroatoms. The van der Waals surface area contributed by atoms with Gasteiger partial charge in [0.05, 0.1) is 12.9 Å². The number of aromatic nitrogens is 5. The number of hydrogen-bond donors (Lipinski definition) is 0. The van der Waals surface area contributed by atoms with Crippen molar-refractivity contribution in [1.29, 1.82) is 0 Å². The molecule has 0 aliphatic carbocycles. The van der Waals surface area contributed by atoms with Crippen LogP contribution in [0.1, 0.15) is 30.6 Å². The molecule has 0 aliphatic heterocycles. The lowest BCUT2D eigenvalue weighted by atomic mass is 10.3. The summed E-state index contributed by atoms with van der Waals surface area (Å²) >= 11 is 8.89. The van der Waals surface area contributed by atoms with Crippen molar-refractivity contribution in [3.63, 3.8) is 0 Å². The number of methoxy groups -OCH3 is 1. The first-order valence-electron chi connectivity index (χ1n) is 9.31. The van der Waals surface area contributed by atoms with E-state index in [0.717, 1.165) is 22.9 Å². The van der Waals surface area contributed by atoms with Crippen LogP contribution < -0.4 is 0 Å². The summed E-state index contributed by atoms with van der Waals surface area (Å²) in [6.45, 7) is 5.83. The number of aryl methyl sites for hydroxylation is 2. The van der Waals surface area contributed by atoms with Gasteiger partial charge >= 0.3 is 5.97 Å². The molecule has 0 fully saturated rings. The maximum Gasteiger partial charge on any atom is 0.319 e. The molecule has 0 bridgehead atoms. The molecule has 7 nitrogen and oxygen atoms in total. The third-order valence-corrected chi connectivity index (χ3v) is 6.54. The number of halogens is 1. The zero-order valence-corrected chi connectivity index (χ0v) is 19.5. The molecular weight excluding hydrogens is 442 g/mol. The van der Waals surface area contributed by atoms with Gasteiger partial charge in [0.25, 0.3) is 0 Å². The number of ether oxygens (including phenoxy) is 1. The van der Waals surface area contributed by atoms with Crippen molar-refractivity contribution in [2.75, 3.05) is 7.11 Å². The van der Waals surface area contributed by atoms with E-state index in [1.807, 2.05) is 55.7 Å². The SMILES string of the molecule is CC[C@H](Sc1nnc(CSc2nc(C)cc(C)n2)n1-c1ccc(Cl)cc1)C(=O)OC. The van der Waals surface area contributed by atoms with Crippen LogP contribution in [-0.4, -0.2) is 43.1 Å². The van der Waals surface area contributed by atoms with Gasteiger partial charge in [-0.1, -0.05) is 42.0 Å². The fraction of sp³-hybridized carbons (Fsp3) is 0.350. The van der Waals surface area contributed by atoms with Crippen LogP contribution in [-0.2, 0) is 15.3 Å². The van der Waals surface area contributed by atoms with E-state index in [0.29, 0.717) is 27.5 Å². The first kappa shape index (κ1) is 22.6. The smallest absolute Gasteiger partial charge is 0.319 e. The van der Waals surface area contributed by atoms with Crippen LogP contribution in [0.25, 0.3) is 5.69 Å². The van der Waals surface area contributed by atoms with Gasteiger partial charge < -0.3 is 4.74 Å². The Hall–Kier alpha value is -2.10. The van der Waals surface area contributed by atoms with Crippen molar-refractivity contribution in [2.24, 2.45) is 0 Å². The summed E-state index contributed by atoms with van der Waals surface area (Å²) in [5, 5.41) is 10.3. The van der Waals surface area contributed by atoms with Crippen LogP contribution >= 0.6 is 35.1 Å². The molecule has 1 aromatic carbocycles. The molecule has 3 aromatic rings. The van der Waals surface area contributed by atoms with E-state index in [1.54, 1.807) is 0 Å². The second-order valence-electron chi connectivity index (χ2n) is 6.47. The van der Waals surface area contributed by atoms with Gasteiger partial charge in [-0.25, -0.2) is 9.97 Å². The summed E-state index contributed by atoms with van der Waals surface area (Å²) < 4.78 is 6.85. The molecular formula is C20H22ClN5O2S2. The highest BCUT2D eigenvalue weighted by Gasteiger charge is 2.24. The Morgan fingerprint density at radius 3 is 2.43 bits per heavy atom. The monoisotopic (exact) mass is 463 g/mol. The van der Waals surface area contributed by atoms with E-state index in [-0.39, 0.29) is 11.2 Å². The summed E-state index contributed by atoms with van der Waals surface area (Å²) in [7, 11) is 1.39. The fourth-order valence-corrected chi connectivity index (χ4v) is 4.77. The van der Waals surface area contributed by atoms with Crippen molar-refractivity contribution >= 4 is 41.1 Å². The number of carbonyl (C=O) groups is 1. The third-order valence-electron chi connectivity index (χ3n) is 4.16. The van der Waals surface area contributed by atoms with E-state index in [9.17, 15) is 4.79 Å². The van der Waals surface area contributed by atoms with E-state index >= 15 is 0 Å². The van der Waals surface area contributed by atoms with E-state index in [2.05, 4.69) is 20.2 Å². The lowest BCUT2D eigenvalue weighted by Gasteiger charge is -2.14. The molecule has 158 valence electrons. The number of benzene rings is 1. The van der Waals surface area contributed by atoms with Crippen molar-refractivity contribution in [1.82, 2.24) is 24.7 Å². The maximum atomic E-state index is 12.1. The highest BCUT2D eigenvalue weighted by atomic mass is 35.5. The summed E-state index contributed by atoms with van der Waals surface area (Å²) in [6, 6.07) is 9.36. The van der Waals surface area contributed by atoms with Crippen LogP contribution in [0.5, 0.6) is 0 Å². The zero-order valence-electron chi connectivity index (χ0n) is 17.1. The quantitative estimate of drug-likeness (QED) is 0.271. The van der Waals surface area contributed by atoms with Gasteiger partial charge in [0.2, 0.25) is 0 Å². The number of carbonyl (C=O) groups excluding carboxylic acids is 1. The average molecular weight is 464 g/mol. The molecule has 3 rings (SSSR count). The molecule has 1 atom stereocenters. The van der Waals surface area contributed by atoms with Crippen LogP contribution in [0, 0.1) is 13.8 Å². The minimum absolute atomic E-state index is 0.285. The van der Waals surface area contributed by atoms with Crippen molar-refractivity contribution < 1.29 is 9.53 Å². The lowest BCUT2D eigenvalue weighted by molar-refractivity contribution is -0.140. The minimum Gasteiger partial charge on any atom is -0.468 e. The van der Waals surface area contributed by atoms with Crippen LogP contribution in [0.4, 0.5) is 0 Å². The molecule has 0 aliphatic rings. The topological polar surface area (TPSA) is 82.8 Å². The lowest BCUT2D eigenvalue weighted by Crippen LogP contribution is -2.18. The fourth-order valence-electron chi connectivity index (χ4n) is 2.76. The molecule has 0 radical (unpaired) electrons. The van der Waals surface area contributed by atoms with Crippen molar-refractivity contribution in [3.8, 4) is 5.69 Å². The Morgan fingerprint density at radius 2 is 1.83 bits per heavy atom. The molecule has 30 heavy (non-hydrogen) atoms. The average Bonchev–Trinajstić information content (AvgIpc) is 3.12. The molecule has 2 heterocycles. The molecule has 0 saturated carbocycles. The normalized spacial score (nSPS) is 12.0. The Labute approximate surface area is 189 Å². The highest BCUT2D eigenvalue weighted by Crippen LogP contribution is 2.30. The van der Waals surface area contributed by atoms with Gasteiger partial charge in [-0.2, -0.15) is 0 Å². The van der Waals surface area contributed by atoms with Gasteiger partial charge in [-0.15, -0.1) is 10.2 Å². The van der Waals surface area contributed by atoms with E-state index in [4.69, 9.17) is 16.3 Å². The second-order valence-corrected chi connectivity index (χ2v) is 9.02. The molecule has 0 spiro atoms. The first-order valence-corrected chi connectivity index (χ1v) is 11.6. The molecule has 0 N–H and O–H groups in total. The van der Waals surface area contributed by atoms with Crippen molar-refractivity contribution in [2.45, 2.75) is 48.5 Å². The van der Waals surface area contributed by atoms with Crippen LogP contribution in [0.2, 0.25) is 5.02 Å². The summed E-state index contributed by atoms with van der Waals surface area (Å²) in [5.74, 6) is 0.966. The van der Waals surface area contributed by atoms with Gasteiger partial charge in [-0.3, -0.25) is 9.36 Å². The summed E-state index contributed by atoms with van der Waals surface area (Å²) in [5.41, 5.74) is 2.71. The van der Waals surface area contributed by atoms with Crippen LogP contribution in [0.3, 0.4) is 0 Å². The standard InChI is InChI=1S/C20H22ClN5O2S2/c1-5-16(18(27)28-4)30-20-25-24-17(26(20)15-8-6-14(21)7-9-15)11-29-19-22-12(2)10-13(3)23-19/h6-10,16H,5,11H2,1-4H3/t16-/m0/s1. The Balaban J connectivity index is 1.93. The third kappa shape index (κ3) is 5.53. The highest BCUT2D eigenvalue weighted by molar-refractivity contribution is 8.00. The maximum absolute atomic E-state index is 12.1. The largest absolute Gasteiger partial charge is 0.468 e. The van der Waals surface area contributed by atoms with Gasteiger partial charge in [-0.05, 0) is 50.6 Å². The first-order chi connectivity index (χ1) is 14.4. The van der Waals surface area contributed by atoms with E-state index < -0.39 is 0 Å². The Kier molecular flexibility index (Phi) is 7.74. The van der Waals surface area contributed by atoms with Crippen LogP contribution in [0.15, 0.2) is 40.6 Å². The van der Waals surface area contributed by atoms with Crippen molar-refractivity contribution in [3.05, 3.63) is 52.6 Å². The summed E-state index contributed by atoms with van der Waals surface area (Å²) in [6.07, 6.45) is 0.616. The molecule has 0 unspecified atom stereocenters. The zero-order chi connectivity index (χ0) is 21.7.